The Labute approximate surface area is 125 Å². The Bertz CT molecular complexity index is 230. The van der Waals surface area contributed by atoms with E-state index in [1.165, 1.54) is 0 Å². The van der Waals surface area contributed by atoms with Gasteiger partial charge in [0, 0.05) is 19.5 Å². The lowest BCUT2D eigenvalue weighted by Gasteiger charge is -2.24. The molecular weight excluding hydrogens is 252 g/mol. The number of unbranched alkanes of at least 4 members (excludes halogenated alkanes) is 1. The topological polar surface area (TPSA) is 52.8 Å². The molecule has 5 nitrogen and oxygen atoms in total. The predicted molar refractivity (Wildman–Crippen MR) is 85.8 cm³/mol. The minimum absolute atomic E-state index is 0.288. The molecule has 0 aliphatic heterocycles. The van der Waals surface area contributed by atoms with Gasteiger partial charge >= 0.3 is 0 Å². The van der Waals surface area contributed by atoms with Crippen LogP contribution in [0, 0.1) is 0 Å². The number of rotatable bonds is 12. The first kappa shape index (κ1) is 19.4. The molecule has 120 valence electrons. The fourth-order valence-corrected chi connectivity index (χ4v) is 2.10. The minimum Gasteiger partial charge on any atom is -0.343 e. The second kappa shape index (κ2) is 12.1. The molecule has 1 amide bonds. The Hall–Kier alpha value is -0.650. The molecule has 0 aliphatic carbocycles. The molecular formula is C15H34N4O. The van der Waals surface area contributed by atoms with E-state index < -0.39 is 0 Å². The van der Waals surface area contributed by atoms with Crippen molar-refractivity contribution in [2.45, 2.75) is 32.1 Å². The Balaban J connectivity index is 4.11. The molecule has 0 saturated carbocycles. The zero-order valence-electron chi connectivity index (χ0n) is 13.9. The monoisotopic (exact) mass is 286 g/mol. The molecule has 5 heteroatoms. The number of nitrogens with two attached hydrogens (primary N) is 1. The molecule has 0 heterocycles. The van der Waals surface area contributed by atoms with Crippen molar-refractivity contribution >= 4 is 5.91 Å². The molecule has 0 aromatic carbocycles. The summed E-state index contributed by atoms with van der Waals surface area (Å²) in [6, 6.07) is 0. The number of carbonyl (C=O) groups is 1. The van der Waals surface area contributed by atoms with Crippen molar-refractivity contribution in [1.82, 2.24) is 14.7 Å². The molecule has 0 fully saturated rings. The smallest absolute Gasteiger partial charge is 0.222 e. The Morgan fingerprint density at radius 3 is 1.70 bits per heavy atom. The average Bonchev–Trinajstić information content (AvgIpc) is 2.36. The van der Waals surface area contributed by atoms with Crippen LogP contribution < -0.4 is 5.73 Å². The van der Waals surface area contributed by atoms with Crippen molar-refractivity contribution < 1.29 is 4.79 Å². The van der Waals surface area contributed by atoms with Crippen LogP contribution in [0.3, 0.4) is 0 Å². The Morgan fingerprint density at radius 2 is 1.30 bits per heavy atom. The van der Waals surface area contributed by atoms with E-state index in [1.807, 2.05) is 4.90 Å². The highest BCUT2D eigenvalue weighted by molar-refractivity contribution is 5.76. The highest BCUT2D eigenvalue weighted by Gasteiger charge is 2.12. The van der Waals surface area contributed by atoms with Gasteiger partial charge in [0.1, 0.15) is 0 Å². The highest BCUT2D eigenvalue weighted by atomic mass is 16.2. The number of amides is 1. The zero-order chi connectivity index (χ0) is 15.4. The second-order valence-electron chi connectivity index (χ2n) is 5.94. The molecule has 2 N–H and O–H groups in total. The standard InChI is InChI=1S/C15H34N4O/c1-17(2)11-7-13-19(14-8-12-18(3)4)15(20)9-5-6-10-16/h5-14,16H2,1-4H3. The molecule has 0 bridgehead atoms. The number of carbonyl (C=O) groups excluding carboxylic acids is 1. The molecule has 0 spiro atoms. The van der Waals surface area contributed by atoms with Gasteiger partial charge in [0.15, 0.2) is 0 Å². The molecule has 0 unspecified atom stereocenters. The van der Waals surface area contributed by atoms with Crippen LogP contribution in [-0.4, -0.2) is 81.5 Å². The molecule has 0 rings (SSSR count). The summed E-state index contributed by atoms with van der Waals surface area (Å²) in [7, 11) is 8.28. The van der Waals surface area contributed by atoms with Crippen LogP contribution in [0.5, 0.6) is 0 Å². The first-order valence-electron chi connectivity index (χ1n) is 7.74. The third-order valence-electron chi connectivity index (χ3n) is 3.26. The van der Waals surface area contributed by atoms with Crippen LogP contribution in [0.15, 0.2) is 0 Å². The van der Waals surface area contributed by atoms with E-state index in [1.54, 1.807) is 0 Å². The van der Waals surface area contributed by atoms with Gasteiger partial charge in [-0.3, -0.25) is 4.79 Å². The molecule has 0 aromatic heterocycles. The minimum atomic E-state index is 0.288. The first-order chi connectivity index (χ1) is 9.47. The van der Waals surface area contributed by atoms with E-state index >= 15 is 0 Å². The molecule has 20 heavy (non-hydrogen) atoms. The lowest BCUT2D eigenvalue weighted by molar-refractivity contribution is -0.131. The van der Waals surface area contributed by atoms with Crippen molar-refractivity contribution in [1.29, 1.82) is 0 Å². The molecule has 0 saturated heterocycles. The molecule has 0 atom stereocenters. The van der Waals surface area contributed by atoms with Gasteiger partial charge in [-0.1, -0.05) is 0 Å². The van der Waals surface area contributed by atoms with Crippen molar-refractivity contribution in [3.63, 3.8) is 0 Å². The van der Waals surface area contributed by atoms with Crippen molar-refractivity contribution in [2.75, 3.05) is 60.9 Å². The molecule has 0 aromatic rings. The number of nitrogens with zero attached hydrogens (tertiary/aromatic N) is 3. The lowest BCUT2D eigenvalue weighted by Crippen LogP contribution is -2.35. The van der Waals surface area contributed by atoms with Crippen LogP contribution in [0.2, 0.25) is 0 Å². The summed E-state index contributed by atoms with van der Waals surface area (Å²) in [4.78, 5) is 18.6. The normalized spacial score (nSPS) is 11.3. The largest absolute Gasteiger partial charge is 0.343 e. The van der Waals surface area contributed by atoms with Crippen molar-refractivity contribution in [2.24, 2.45) is 5.73 Å². The van der Waals surface area contributed by atoms with Crippen LogP contribution in [0.25, 0.3) is 0 Å². The summed E-state index contributed by atoms with van der Waals surface area (Å²) in [6.07, 6.45) is 4.57. The second-order valence-corrected chi connectivity index (χ2v) is 5.94. The van der Waals surface area contributed by atoms with E-state index in [9.17, 15) is 4.79 Å². The third-order valence-corrected chi connectivity index (χ3v) is 3.26. The lowest BCUT2D eigenvalue weighted by atomic mass is 10.2. The predicted octanol–water partition coefficient (Wildman–Crippen LogP) is 0.847. The third kappa shape index (κ3) is 11.2. The van der Waals surface area contributed by atoms with Gasteiger partial charge in [-0.15, -0.1) is 0 Å². The molecule has 0 aliphatic rings. The zero-order valence-corrected chi connectivity index (χ0v) is 13.9. The van der Waals surface area contributed by atoms with Gasteiger partial charge in [0.05, 0.1) is 0 Å². The maximum absolute atomic E-state index is 12.2. The van der Waals surface area contributed by atoms with Crippen molar-refractivity contribution in [3.8, 4) is 0 Å². The van der Waals surface area contributed by atoms with Gasteiger partial charge in [-0.2, -0.15) is 0 Å². The highest BCUT2D eigenvalue weighted by Crippen LogP contribution is 2.04. The van der Waals surface area contributed by atoms with Crippen LogP contribution in [0.1, 0.15) is 32.1 Å². The summed E-state index contributed by atoms with van der Waals surface area (Å²) in [5, 5.41) is 0. The summed E-state index contributed by atoms with van der Waals surface area (Å²) in [5.74, 6) is 0.288. The van der Waals surface area contributed by atoms with Gasteiger partial charge in [-0.25, -0.2) is 0 Å². The van der Waals surface area contributed by atoms with Gasteiger partial charge in [0.2, 0.25) is 5.91 Å². The fraction of sp³-hybridized carbons (Fsp3) is 0.933. The van der Waals surface area contributed by atoms with Gasteiger partial charge in [0.25, 0.3) is 0 Å². The Morgan fingerprint density at radius 1 is 0.800 bits per heavy atom. The molecule has 0 radical (unpaired) electrons. The van der Waals surface area contributed by atoms with Crippen LogP contribution >= 0.6 is 0 Å². The van der Waals surface area contributed by atoms with Gasteiger partial charge < -0.3 is 20.4 Å². The SMILES string of the molecule is CN(C)CCCN(CCCN(C)C)C(=O)CCCCN. The van der Waals surface area contributed by atoms with Gasteiger partial charge in [-0.05, 0) is 73.5 Å². The number of hydrogen-bond acceptors (Lipinski definition) is 4. The van der Waals surface area contributed by atoms with Crippen LogP contribution in [-0.2, 0) is 4.79 Å². The van der Waals surface area contributed by atoms with E-state index in [4.69, 9.17) is 5.73 Å². The summed E-state index contributed by atoms with van der Waals surface area (Å²) in [6.45, 7) is 4.47. The van der Waals surface area contributed by atoms with E-state index in [-0.39, 0.29) is 5.91 Å². The number of hydrogen-bond donors (Lipinski definition) is 1. The van der Waals surface area contributed by atoms with Crippen molar-refractivity contribution in [3.05, 3.63) is 0 Å². The van der Waals surface area contributed by atoms with E-state index in [0.717, 1.165) is 51.9 Å². The fourth-order valence-electron chi connectivity index (χ4n) is 2.10. The Kier molecular flexibility index (Phi) is 11.7. The maximum Gasteiger partial charge on any atom is 0.222 e. The quantitative estimate of drug-likeness (QED) is 0.540. The summed E-state index contributed by atoms with van der Waals surface area (Å²) in [5.41, 5.74) is 5.48. The maximum atomic E-state index is 12.2. The first-order valence-corrected chi connectivity index (χ1v) is 7.74. The summed E-state index contributed by atoms with van der Waals surface area (Å²) >= 11 is 0. The average molecular weight is 286 g/mol. The van der Waals surface area contributed by atoms with E-state index in [0.29, 0.717) is 13.0 Å². The van der Waals surface area contributed by atoms with E-state index in [2.05, 4.69) is 38.0 Å². The van der Waals surface area contributed by atoms with Crippen LogP contribution in [0.4, 0.5) is 0 Å². The summed E-state index contributed by atoms with van der Waals surface area (Å²) < 4.78 is 0.